The molecule has 8 heteroatoms. The molecule has 0 aliphatic carbocycles. The van der Waals surface area contributed by atoms with E-state index in [1.54, 1.807) is 25.1 Å². The van der Waals surface area contributed by atoms with Crippen molar-refractivity contribution in [3.8, 4) is 11.8 Å². The molecule has 108 valence electrons. The number of amides is 1. The van der Waals surface area contributed by atoms with Gasteiger partial charge in [-0.3, -0.25) is 4.79 Å². The summed E-state index contributed by atoms with van der Waals surface area (Å²) >= 11 is 5.89. The Morgan fingerprint density at radius 3 is 2.95 bits per heavy atom. The predicted octanol–water partition coefficient (Wildman–Crippen LogP) is 1.76. The van der Waals surface area contributed by atoms with Crippen LogP contribution in [0.1, 0.15) is 11.4 Å². The molecule has 0 radical (unpaired) electrons. The molecule has 0 aliphatic rings. The van der Waals surface area contributed by atoms with Crippen LogP contribution < -0.4 is 10.1 Å². The predicted molar refractivity (Wildman–Crippen MR) is 76.1 cm³/mol. The number of anilines is 1. The lowest BCUT2D eigenvalue weighted by Crippen LogP contribution is -2.20. The zero-order chi connectivity index (χ0) is 15.4. The summed E-state index contributed by atoms with van der Waals surface area (Å²) in [7, 11) is 1.50. The lowest BCUT2D eigenvalue weighted by Gasteiger charge is -2.10. The third-order valence-electron chi connectivity index (χ3n) is 2.82. The lowest BCUT2D eigenvalue weighted by molar-refractivity contribution is -0.117. The monoisotopic (exact) mass is 305 g/mol. The van der Waals surface area contributed by atoms with Gasteiger partial charge in [0.2, 0.25) is 5.91 Å². The molecule has 1 N–H and O–H groups in total. The number of ether oxygens (including phenoxy) is 1. The molecule has 0 aliphatic heterocycles. The zero-order valence-corrected chi connectivity index (χ0v) is 12.2. The third-order valence-corrected chi connectivity index (χ3v) is 3.05. The second-order valence-corrected chi connectivity index (χ2v) is 4.62. The van der Waals surface area contributed by atoms with Crippen molar-refractivity contribution >= 4 is 23.2 Å². The topological polar surface area (TPSA) is 92.8 Å². The van der Waals surface area contributed by atoms with Gasteiger partial charge >= 0.3 is 0 Å². The smallest absolute Gasteiger partial charge is 0.246 e. The van der Waals surface area contributed by atoms with E-state index in [-0.39, 0.29) is 18.1 Å². The molecule has 2 aromatic rings. The van der Waals surface area contributed by atoms with Crippen LogP contribution in [0.2, 0.25) is 5.02 Å². The van der Waals surface area contributed by atoms with Gasteiger partial charge in [0.15, 0.2) is 5.69 Å². The second kappa shape index (κ2) is 6.24. The van der Waals surface area contributed by atoms with Crippen LogP contribution in [0.5, 0.6) is 5.75 Å². The molecule has 0 fully saturated rings. The van der Waals surface area contributed by atoms with E-state index in [4.69, 9.17) is 21.6 Å². The highest BCUT2D eigenvalue weighted by atomic mass is 35.5. The molecule has 0 bridgehead atoms. The van der Waals surface area contributed by atoms with E-state index in [1.807, 2.05) is 6.07 Å². The maximum atomic E-state index is 12.0. The normalized spacial score (nSPS) is 10.0. The van der Waals surface area contributed by atoms with Crippen molar-refractivity contribution in [3.63, 3.8) is 0 Å². The highest BCUT2D eigenvalue weighted by molar-refractivity contribution is 6.31. The fourth-order valence-corrected chi connectivity index (χ4v) is 1.89. The summed E-state index contributed by atoms with van der Waals surface area (Å²) in [6, 6.07) is 6.81. The SMILES string of the molecule is COc1ccc(Cl)cc1NC(=O)Cn1nnc(C#N)c1C. The van der Waals surface area contributed by atoms with Crippen LogP contribution in [0.25, 0.3) is 0 Å². The van der Waals surface area contributed by atoms with Gasteiger partial charge in [-0.2, -0.15) is 5.26 Å². The minimum Gasteiger partial charge on any atom is -0.495 e. The van der Waals surface area contributed by atoms with Crippen LogP contribution in [-0.2, 0) is 11.3 Å². The fourth-order valence-electron chi connectivity index (χ4n) is 1.72. The second-order valence-electron chi connectivity index (χ2n) is 4.19. The molecule has 1 amide bonds. The standard InChI is InChI=1S/C13H12ClN5O2/c1-8-11(6-15)17-18-19(8)7-13(20)16-10-5-9(14)3-4-12(10)21-2/h3-5H,7H2,1-2H3,(H,16,20). The number of benzene rings is 1. The summed E-state index contributed by atoms with van der Waals surface area (Å²) in [5.41, 5.74) is 1.20. The summed E-state index contributed by atoms with van der Waals surface area (Å²) in [5, 5.41) is 19.4. The third kappa shape index (κ3) is 3.30. The van der Waals surface area contributed by atoms with Crippen LogP contribution >= 0.6 is 11.6 Å². The lowest BCUT2D eigenvalue weighted by atomic mass is 10.3. The molecular weight excluding hydrogens is 294 g/mol. The molecule has 0 atom stereocenters. The quantitative estimate of drug-likeness (QED) is 0.929. The number of hydrogen-bond acceptors (Lipinski definition) is 5. The van der Waals surface area contributed by atoms with Gasteiger partial charge in [-0.05, 0) is 25.1 Å². The Morgan fingerprint density at radius 1 is 1.57 bits per heavy atom. The first-order chi connectivity index (χ1) is 10.0. The van der Waals surface area contributed by atoms with Crippen LogP contribution in [0.15, 0.2) is 18.2 Å². The van der Waals surface area contributed by atoms with Crippen LogP contribution in [0.4, 0.5) is 5.69 Å². The molecular formula is C13H12ClN5O2. The average molecular weight is 306 g/mol. The molecule has 2 rings (SSSR count). The van der Waals surface area contributed by atoms with E-state index < -0.39 is 0 Å². The van der Waals surface area contributed by atoms with E-state index in [0.29, 0.717) is 22.2 Å². The van der Waals surface area contributed by atoms with Gasteiger partial charge in [0.25, 0.3) is 0 Å². The van der Waals surface area contributed by atoms with E-state index in [2.05, 4.69) is 15.6 Å². The average Bonchev–Trinajstić information content (AvgIpc) is 2.79. The van der Waals surface area contributed by atoms with E-state index in [0.717, 1.165) is 0 Å². The van der Waals surface area contributed by atoms with Gasteiger partial charge < -0.3 is 10.1 Å². The maximum absolute atomic E-state index is 12.0. The first-order valence-electron chi connectivity index (χ1n) is 5.98. The van der Waals surface area contributed by atoms with E-state index in [1.165, 1.54) is 11.8 Å². The number of nitrogens with one attached hydrogen (secondary N) is 1. The van der Waals surface area contributed by atoms with Crippen LogP contribution in [0, 0.1) is 18.3 Å². The number of aromatic nitrogens is 3. The number of halogens is 1. The van der Waals surface area contributed by atoms with Gasteiger partial charge in [0.05, 0.1) is 18.5 Å². The Hall–Kier alpha value is -2.59. The molecule has 1 heterocycles. The van der Waals surface area contributed by atoms with E-state index in [9.17, 15) is 4.79 Å². The molecule has 21 heavy (non-hydrogen) atoms. The minimum absolute atomic E-state index is 0.0593. The number of nitrogens with zero attached hydrogens (tertiary/aromatic N) is 4. The molecule has 0 unspecified atom stereocenters. The molecule has 0 saturated heterocycles. The van der Waals surface area contributed by atoms with E-state index >= 15 is 0 Å². The highest BCUT2D eigenvalue weighted by Gasteiger charge is 2.13. The summed E-state index contributed by atoms with van der Waals surface area (Å²) in [6.45, 7) is 1.61. The number of nitriles is 1. The maximum Gasteiger partial charge on any atom is 0.246 e. The molecule has 7 nitrogen and oxygen atoms in total. The van der Waals surface area contributed by atoms with Crippen molar-refractivity contribution in [2.75, 3.05) is 12.4 Å². The zero-order valence-electron chi connectivity index (χ0n) is 11.4. The Morgan fingerprint density at radius 2 is 2.33 bits per heavy atom. The Bertz CT molecular complexity index is 720. The number of carbonyl (C=O) groups is 1. The van der Waals surface area contributed by atoms with Crippen LogP contribution in [-0.4, -0.2) is 28.0 Å². The molecule has 1 aromatic carbocycles. The first-order valence-corrected chi connectivity index (χ1v) is 6.36. The van der Waals surface area contributed by atoms with Crippen molar-refractivity contribution in [3.05, 3.63) is 34.6 Å². The fraction of sp³-hybridized carbons (Fsp3) is 0.231. The van der Waals surface area contributed by atoms with Gasteiger partial charge in [-0.1, -0.05) is 16.8 Å². The largest absolute Gasteiger partial charge is 0.495 e. The molecule has 0 saturated carbocycles. The summed E-state index contributed by atoms with van der Waals surface area (Å²) < 4.78 is 6.50. The van der Waals surface area contributed by atoms with Gasteiger partial charge in [0, 0.05) is 5.02 Å². The van der Waals surface area contributed by atoms with Gasteiger partial charge in [-0.15, -0.1) is 5.10 Å². The van der Waals surface area contributed by atoms with Crippen molar-refractivity contribution in [1.82, 2.24) is 15.0 Å². The van der Waals surface area contributed by atoms with Crippen LogP contribution in [0.3, 0.4) is 0 Å². The number of methoxy groups -OCH3 is 1. The van der Waals surface area contributed by atoms with Crippen molar-refractivity contribution < 1.29 is 9.53 Å². The molecule has 1 aromatic heterocycles. The highest BCUT2D eigenvalue weighted by Crippen LogP contribution is 2.27. The van der Waals surface area contributed by atoms with Gasteiger partial charge in [-0.25, -0.2) is 4.68 Å². The number of carbonyl (C=O) groups excluding carboxylic acids is 1. The van der Waals surface area contributed by atoms with Crippen molar-refractivity contribution in [1.29, 1.82) is 5.26 Å². The van der Waals surface area contributed by atoms with Gasteiger partial charge in [0.1, 0.15) is 18.4 Å². The molecule has 0 spiro atoms. The summed E-state index contributed by atoms with van der Waals surface area (Å²) in [4.78, 5) is 12.0. The summed E-state index contributed by atoms with van der Waals surface area (Å²) in [5.74, 6) is 0.175. The first kappa shape index (κ1) is 14.8. The number of rotatable bonds is 4. The number of hydrogen-bond donors (Lipinski definition) is 1. The Labute approximate surface area is 126 Å². The van der Waals surface area contributed by atoms with Crippen molar-refractivity contribution in [2.24, 2.45) is 0 Å². The Balaban J connectivity index is 2.13. The Kier molecular flexibility index (Phi) is 4.40. The van der Waals surface area contributed by atoms with Crippen molar-refractivity contribution in [2.45, 2.75) is 13.5 Å². The minimum atomic E-state index is -0.326. The summed E-state index contributed by atoms with van der Waals surface area (Å²) in [6.07, 6.45) is 0.